The van der Waals surface area contributed by atoms with Crippen LogP contribution in [0.5, 0.6) is 0 Å². The molecule has 5 heteroatoms. The first-order valence-corrected chi connectivity index (χ1v) is 9.59. The van der Waals surface area contributed by atoms with Gasteiger partial charge in [-0.1, -0.05) is 32.1 Å². The number of aryl methyl sites for hydroxylation is 1. The van der Waals surface area contributed by atoms with Crippen LogP contribution in [0.4, 0.5) is 0 Å². The number of carbonyl (C=O) groups excluding carboxylic acids is 1. The monoisotopic (exact) mass is 321 g/mol. The van der Waals surface area contributed by atoms with Crippen LogP contribution in [0, 0.1) is 6.92 Å². The van der Waals surface area contributed by atoms with Crippen LogP contribution in [-0.4, -0.2) is 29.0 Å². The van der Waals surface area contributed by atoms with Crippen LogP contribution in [-0.2, 0) is 0 Å². The van der Waals surface area contributed by atoms with Crippen molar-refractivity contribution in [2.45, 2.75) is 82.8 Å². The van der Waals surface area contributed by atoms with E-state index in [0.717, 1.165) is 11.4 Å². The second-order valence-electron chi connectivity index (χ2n) is 6.72. The molecule has 1 aromatic heterocycles. The summed E-state index contributed by atoms with van der Waals surface area (Å²) in [6, 6.07) is 1.37. The smallest absolute Gasteiger partial charge is 0.271 e. The molecule has 1 heterocycles. The molecule has 2 aliphatic rings. The maximum Gasteiger partial charge on any atom is 0.271 e. The zero-order valence-electron chi connectivity index (χ0n) is 13.4. The number of aromatic nitrogens is 1. The fourth-order valence-corrected chi connectivity index (χ4v) is 4.10. The summed E-state index contributed by atoms with van der Waals surface area (Å²) in [5, 5.41) is 9.75. The standard InChI is InChI=1S/C17H27N3OS/c1-12-18-16(11-22-12)17(21)20-15-10-9-14(15)19-13-7-5-3-2-4-6-8-13/h11,13-15,19H,2-10H2,1H3,(H,20,21)/t14-,15+/m1/s1. The molecule has 0 aromatic carbocycles. The second kappa shape index (κ2) is 7.55. The summed E-state index contributed by atoms with van der Waals surface area (Å²) in [6.45, 7) is 1.93. The van der Waals surface area contributed by atoms with Gasteiger partial charge in [0.2, 0.25) is 0 Å². The highest BCUT2D eigenvalue weighted by atomic mass is 32.1. The molecule has 1 aromatic rings. The van der Waals surface area contributed by atoms with Crippen molar-refractivity contribution in [3.05, 3.63) is 16.1 Å². The summed E-state index contributed by atoms with van der Waals surface area (Å²) in [6.07, 6.45) is 11.7. The van der Waals surface area contributed by atoms with Crippen molar-refractivity contribution in [1.29, 1.82) is 0 Å². The topological polar surface area (TPSA) is 54.0 Å². The third-order valence-electron chi connectivity index (χ3n) is 5.00. The average molecular weight is 321 g/mol. The van der Waals surface area contributed by atoms with Gasteiger partial charge in [-0.15, -0.1) is 11.3 Å². The molecule has 0 bridgehead atoms. The number of carbonyl (C=O) groups is 1. The van der Waals surface area contributed by atoms with Gasteiger partial charge >= 0.3 is 0 Å². The Labute approximate surface area is 137 Å². The lowest BCUT2D eigenvalue weighted by Gasteiger charge is -2.40. The summed E-state index contributed by atoms with van der Waals surface area (Å²) in [4.78, 5) is 16.5. The number of amides is 1. The molecular weight excluding hydrogens is 294 g/mol. The van der Waals surface area contributed by atoms with Crippen molar-refractivity contribution in [3.63, 3.8) is 0 Å². The summed E-state index contributed by atoms with van der Waals surface area (Å²) < 4.78 is 0. The van der Waals surface area contributed by atoms with Gasteiger partial charge < -0.3 is 10.6 Å². The first-order valence-electron chi connectivity index (χ1n) is 8.71. The van der Waals surface area contributed by atoms with E-state index < -0.39 is 0 Å². The first kappa shape index (κ1) is 15.9. The van der Waals surface area contributed by atoms with E-state index in [4.69, 9.17) is 0 Å². The molecule has 0 unspecified atom stereocenters. The van der Waals surface area contributed by atoms with Gasteiger partial charge in [0.15, 0.2) is 0 Å². The Morgan fingerprint density at radius 1 is 1.09 bits per heavy atom. The highest BCUT2D eigenvalue weighted by Gasteiger charge is 2.33. The minimum absolute atomic E-state index is 0.0153. The van der Waals surface area contributed by atoms with E-state index in [2.05, 4.69) is 15.6 Å². The Kier molecular flexibility index (Phi) is 5.47. The van der Waals surface area contributed by atoms with Crippen LogP contribution in [0.2, 0.25) is 0 Å². The molecule has 2 atom stereocenters. The lowest BCUT2D eigenvalue weighted by molar-refractivity contribution is 0.0882. The lowest BCUT2D eigenvalue weighted by atomic mass is 9.84. The van der Waals surface area contributed by atoms with Crippen LogP contribution < -0.4 is 10.6 Å². The van der Waals surface area contributed by atoms with E-state index in [1.54, 1.807) is 0 Å². The minimum atomic E-state index is -0.0153. The predicted molar refractivity (Wildman–Crippen MR) is 90.4 cm³/mol. The van der Waals surface area contributed by atoms with E-state index in [-0.39, 0.29) is 11.9 Å². The van der Waals surface area contributed by atoms with E-state index in [1.807, 2.05) is 12.3 Å². The Morgan fingerprint density at radius 3 is 2.36 bits per heavy atom. The highest BCUT2D eigenvalue weighted by Crippen LogP contribution is 2.24. The lowest BCUT2D eigenvalue weighted by Crippen LogP contribution is -2.59. The molecule has 0 spiro atoms. The molecular formula is C17H27N3OS. The number of thiazole rings is 1. The first-order chi connectivity index (χ1) is 10.7. The van der Waals surface area contributed by atoms with Crippen molar-refractivity contribution in [1.82, 2.24) is 15.6 Å². The van der Waals surface area contributed by atoms with Crippen molar-refractivity contribution in [2.75, 3.05) is 0 Å². The zero-order valence-corrected chi connectivity index (χ0v) is 14.3. The Bertz CT molecular complexity index is 494. The SMILES string of the molecule is Cc1nc(C(=O)N[C@H]2CC[C@H]2NC2CCCCCCC2)cs1. The van der Waals surface area contributed by atoms with Gasteiger partial charge in [0.25, 0.3) is 5.91 Å². The van der Waals surface area contributed by atoms with Gasteiger partial charge in [-0.25, -0.2) is 4.98 Å². The van der Waals surface area contributed by atoms with Crippen LogP contribution in [0.1, 0.15) is 73.3 Å². The van der Waals surface area contributed by atoms with Crippen molar-refractivity contribution >= 4 is 17.2 Å². The number of nitrogens with one attached hydrogen (secondary N) is 2. The largest absolute Gasteiger partial charge is 0.346 e. The van der Waals surface area contributed by atoms with E-state index in [1.165, 1.54) is 62.7 Å². The molecule has 122 valence electrons. The van der Waals surface area contributed by atoms with Gasteiger partial charge in [0.05, 0.1) is 5.01 Å². The van der Waals surface area contributed by atoms with Gasteiger partial charge in [0.1, 0.15) is 5.69 Å². The predicted octanol–water partition coefficient (Wildman–Crippen LogP) is 3.41. The van der Waals surface area contributed by atoms with Gasteiger partial charge in [-0.2, -0.15) is 0 Å². The molecule has 2 aliphatic carbocycles. The van der Waals surface area contributed by atoms with Crippen LogP contribution >= 0.6 is 11.3 Å². The molecule has 0 radical (unpaired) electrons. The fraction of sp³-hybridized carbons (Fsp3) is 0.765. The van der Waals surface area contributed by atoms with E-state index >= 15 is 0 Å². The minimum Gasteiger partial charge on any atom is -0.346 e. The molecule has 0 aliphatic heterocycles. The summed E-state index contributed by atoms with van der Waals surface area (Å²) in [5.74, 6) is -0.0153. The quantitative estimate of drug-likeness (QED) is 0.893. The maximum absolute atomic E-state index is 12.2. The number of nitrogens with zero attached hydrogens (tertiary/aromatic N) is 1. The van der Waals surface area contributed by atoms with Crippen molar-refractivity contribution < 1.29 is 4.79 Å². The third-order valence-corrected chi connectivity index (χ3v) is 5.77. The Morgan fingerprint density at radius 2 is 1.77 bits per heavy atom. The molecule has 2 N–H and O–H groups in total. The average Bonchev–Trinajstić information content (AvgIpc) is 2.89. The third kappa shape index (κ3) is 4.07. The highest BCUT2D eigenvalue weighted by molar-refractivity contribution is 7.09. The maximum atomic E-state index is 12.2. The number of hydrogen-bond donors (Lipinski definition) is 2. The van der Waals surface area contributed by atoms with Crippen LogP contribution in [0.25, 0.3) is 0 Å². The molecule has 0 saturated heterocycles. The zero-order chi connectivity index (χ0) is 15.4. The van der Waals surface area contributed by atoms with Gasteiger partial charge in [0, 0.05) is 23.5 Å². The summed E-state index contributed by atoms with van der Waals surface area (Å²) in [7, 11) is 0. The van der Waals surface area contributed by atoms with Crippen LogP contribution in [0.3, 0.4) is 0 Å². The molecule has 22 heavy (non-hydrogen) atoms. The summed E-state index contributed by atoms with van der Waals surface area (Å²) >= 11 is 1.53. The van der Waals surface area contributed by atoms with Crippen LogP contribution in [0.15, 0.2) is 5.38 Å². The fourth-order valence-electron chi connectivity index (χ4n) is 3.51. The molecule has 4 nitrogen and oxygen atoms in total. The second-order valence-corrected chi connectivity index (χ2v) is 7.79. The molecule has 1 amide bonds. The van der Waals surface area contributed by atoms with Crippen molar-refractivity contribution in [2.24, 2.45) is 0 Å². The Balaban J connectivity index is 1.47. The molecule has 2 fully saturated rings. The van der Waals surface area contributed by atoms with Gasteiger partial charge in [-0.05, 0) is 32.6 Å². The van der Waals surface area contributed by atoms with E-state index in [9.17, 15) is 4.79 Å². The summed E-state index contributed by atoms with van der Waals surface area (Å²) in [5.41, 5.74) is 0.569. The van der Waals surface area contributed by atoms with E-state index in [0.29, 0.717) is 17.8 Å². The normalized spacial score (nSPS) is 26.8. The van der Waals surface area contributed by atoms with Gasteiger partial charge in [-0.3, -0.25) is 4.79 Å². The van der Waals surface area contributed by atoms with Crippen molar-refractivity contribution in [3.8, 4) is 0 Å². The Hall–Kier alpha value is -0.940. The molecule has 3 rings (SSSR count). The number of hydrogen-bond acceptors (Lipinski definition) is 4. The number of rotatable bonds is 4. The molecule has 2 saturated carbocycles.